The van der Waals surface area contributed by atoms with Crippen molar-refractivity contribution in [1.82, 2.24) is 4.90 Å². The largest absolute Gasteiger partial charge is 0.372 e. The van der Waals surface area contributed by atoms with Crippen LogP contribution in [-0.4, -0.2) is 36.3 Å². The van der Waals surface area contributed by atoms with Crippen LogP contribution in [0.2, 0.25) is 0 Å². The molecule has 5 nitrogen and oxygen atoms in total. The molecular formula is C20H23N3O2. The Balaban J connectivity index is 1.97. The molecule has 0 bridgehead atoms. The van der Waals surface area contributed by atoms with Gasteiger partial charge in [0.2, 0.25) is 5.91 Å². The lowest BCUT2D eigenvalue weighted by molar-refractivity contribution is 0.0667. The van der Waals surface area contributed by atoms with Crippen molar-refractivity contribution in [2.24, 2.45) is 5.73 Å². The molecule has 1 atom stereocenters. The Hall–Kier alpha value is -2.82. The molecule has 1 heterocycles. The van der Waals surface area contributed by atoms with E-state index in [-0.39, 0.29) is 11.9 Å². The van der Waals surface area contributed by atoms with Gasteiger partial charge in [0.1, 0.15) is 0 Å². The first kappa shape index (κ1) is 17.0. The molecule has 0 aromatic heterocycles. The van der Waals surface area contributed by atoms with Crippen LogP contribution in [0, 0.1) is 0 Å². The van der Waals surface area contributed by atoms with E-state index in [1.54, 1.807) is 24.3 Å². The van der Waals surface area contributed by atoms with Gasteiger partial charge in [-0.2, -0.15) is 0 Å². The van der Waals surface area contributed by atoms with Crippen molar-refractivity contribution in [1.29, 1.82) is 0 Å². The molecule has 2 N–H and O–H groups in total. The summed E-state index contributed by atoms with van der Waals surface area (Å²) in [5.41, 5.74) is 8.48. The molecule has 0 spiro atoms. The summed E-state index contributed by atoms with van der Waals surface area (Å²) in [5.74, 6) is -0.595. The topological polar surface area (TPSA) is 66.6 Å². The van der Waals surface area contributed by atoms with Crippen LogP contribution in [0.15, 0.2) is 48.5 Å². The first-order chi connectivity index (χ1) is 12.0. The molecule has 0 unspecified atom stereocenters. The quantitative estimate of drug-likeness (QED) is 0.936. The molecule has 5 heteroatoms. The number of benzene rings is 2. The first-order valence-corrected chi connectivity index (χ1v) is 8.51. The van der Waals surface area contributed by atoms with Gasteiger partial charge in [-0.1, -0.05) is 31.2 Å². The zero-order valence-corrected chi connectivity index (χ0v) is 14.6. The van der Waals surface area contributed by atoms with E-state index in [9.17, 15) is 9.59 Å². The molecule has 2 aromatic rings. The predicted molar refractivity (Wildman–Crippen MR) is 98.6 cm³/mol. The highest BCUT2D eigenvalue weighted by molar-refractivity contribution is 5.99. The second-order valence-corrected chi connectivity index (χ2v) is 6.45. The fourth-order valence-electron chi connectivity index (χ4n) is 3.40. The number of anilines is 1. The monoisotopic (exact) mass is 337 g/mol. The van der Waals surface area contributed by atoms with E-state index in [4.69, 9.17) is 5.73 Å². The van der Waals surface area contributed by atoms with Gasteiger partial charge in [0, 0.05) is 43.0 Å². The Morgan fingerprint density at radius 3 is 2.56 bits per heavy atom. The number of primary amides is 1. The minimum absolute atomic E-state index is 0.0694. The number of hydrogen-bond donors (Lipinski definition) is 1. The SMILES string of the molecule is CC[C@H]1CN(C)c2ccccc2CN1C(=O)c1cccc(C(N)=O)c1. The second kappa shape index (κ2) is 6.97. The number of fused-ring (bicyclic) bond motifs is 1. The van der Waals surface area contributed by atoms with Gasteiger partial charge in [0.15, 0.2) is 0 Å². The van der Waals surface area contributed by atoms with Crippen molar-refractivity contribution < 1.29 is 9.59 Å². The third-order valence-corrected chi connectivity index (χ3v) is 4.80. The number of likely N-dealkylation sites (N-methyl/N-ethyl adjacent to an activating group) is 1. The standard InChI is InChI=1S/C20H23N3O2/c1-3-17-13-22(2)18-10-5-4-7-16(18)12-23(17)20(25)15-9-6-8-14(11-15)19(21)24/h4-11,17H,3,12-13H2,1-2H3,(H2,21,24)/t17-/m0/s1. The summed E-state index contributed by atoms with van der Waals surface area (Å²) >= 11 is 0. The summed E-state index contributed by atoms with van der Waals surface area (Å²) in [5, 5.41) is 0. The molecule has 0 radical (unpaired) electrons. The van der Waals surface area contributed by atoms with E-state index < -0.39 is 5.91 Å². The Morgan fingerprint density at radius 2 is 1.84 bits per heavy atom. The van der Waals surface area contributed by atoms with Crippen LogP contribution < -0.4 is 10.6 Å². The Kier molecular flexibility index (Phi) is 4.74. The maximum Gasteiger partial charge on any atom is 0.254 e. The average molecular weight is 337 g/mol. The highest BCUT2D eigenvalue weighted by atomic mass is 16.2. The zero-order valence-electron chi connectivity index (χ0n) is 14.6. The van der Waals surface area contributed by atoms with Gasteiger partial charge < -0.3 is 15.5 Å². The Labute approximate surface area is 148 Å². The number of carbonyl (C=O) groups excluding carboxylic acids is 2. The molecule has 130 valence electrons. The van der Waals surface area contributed by atoms with Crippen molar-refractivity contribution in [2.45, 2.75) is 25.9 Å². The van der Waals surface area contributed by atoms with Crippen LogP contribution in [0.4, 0.5) is 5.69 Å². The fourth-order valence-corrected chi connectivity index (χ4v) is 3.40. The maximum absolute atomic E-state index is 13.2. The lowest BCUT2D eigenvalue weighted by Gasteiger charge is -2.31. The molecule has 0 saturated carbocycles. The summed E-state index contributed by atoms with van der Waals surface area (Å²) in [6.07, 6.45) is 0.861. The molecule has 3 rings (SSSR count). The van der Waals surface area contributed by atoms with Gasteiger partial charge in [-0.05, 0) is 36.2 Å². The van der Waals surface area contributed by atoms with E-state index in [0.717, 1.165) is 24.2 Å². The van der Waals surface area contributed by atoms with E-state index in [1.807, 2.05) is 17.0 Å². The average Bonchev–Trinajstić information content (AvgIpc) is 2.78. The highest BCUT2D eigenvalue weighted by Gasteiger charge is 2.29. The molecule has 0 aliphatic carbocycles. The van der Waals surface area contributed by atoms with Crippen LogP contribution >= 0.6 is 0 Å². The summed E-state index contributed by atoms with van der Waals surface area (Å²) < 4.78 is 0. The third-order valence-electron chi connectivity index (χ3n) is 4.80. The molecule has 2 aromatic carbocycles. The molecule has 1 aliphatic heterocycles. The van der Waals surface area contributed by atoms with Gasteiger partial charge in [-0.3, -0.25) is 9.59 Å². The van der Waals surface area contributed by atoms with Crippen molar-refractivity contribution in [3.8, 4) is 0 Å². The molecule has 1 aliphatic rings. The summed E-state index contributed by atoms with van der Waals surface area (Å²) in [6.45, 7) is 3.42. The van der Waals surface area contributed by atoms with Crippen LogP contribution in [-0.2, 0) is 6.54 Å². The second-order valence-electron chi connectivity index (χ2n) is 6.45. The summed E-state index contributed by atoms with van der Waals surface area (Å²) in [6, 6.07) is 14.9. The van der Waals surface area contributed by atoms with Crippen molar-refractivity contribution >= 4 is 17.5 Å². The number of nitrogens with zero attached hydrogens (tertiary/aromatic N) is 2. The zero-order chi connectivity index (χ0) is 18.0. The molecule has 0 fully saturated rings. The smallest absolute Gasteiger partial charge is 0.254 e. The third kappa shape index (κ3) is 3.36. The van der Waals surface area contributed by atoms with Crippen LogP contribution in [0.1, 0.15) is 39.6 Å². The molecular weight excluding hydrogens is 314 g/mol. The van der Waals surface area contributed by atoms with Crippen LogP contribution in [0.5, 0.6) is 0 Å². The number of carbonyl (C=O) groups is 2. The van der Waals surface area contributed by atoms with Gasteiger partial charge >= 0.3 is 0 Å². The van der Waals surface area contributed by atoms with Gasteiger partial charge in [0.25, 0.3) is 5.91 Å². The Morgan fingerprint density at radius 1 is 1.12 bits per heavy atom. The molecule has 2 amide bonds. The molecule has 0 saturated heterocycles. The van der Waals surface area contributed by atoms with E-state index in [1.165, 1.54) is 0 Å². The molecule has 25 heavy (non-hydrogen) atoms. The number of hydrogen-bond acceptors (Lipinski definition) is 3. The van der Waals surface area contributed by atoms with Gasteiger partial charge in [-0.25, -0.2) is 0 Å². The Bertz CT molecular complexity index is 803. The number of nitrogens with two attached hydrogens (primary N) is 1. The van der Waals surface area contributed by atoms with Gasteiger partial charge in [0.05, 0.1) is 0 Å². The fraction of sp³-hybridized carbons (Fsp3) is 0.300. The van der Waals surface area contributed by atoms with Gasteiger partial charge in [-0.15, -0.1) is 0 Å². The summed E-state index contributed by atoms with van der Waals surface area (Å²) in [7, 11) is 2.06. The minimum atomic E-state index is -0.525. The number of para-hydroxylation sites is 1. The maximum atomic E-state index is 13.2. The van der Waals surface area contributed by atoms with E-state index >= 15 is 0 Å². The van der Waals surface area contributed by atoms with Crippen molar-refractivity contribution in [3.05, 3.63) is 65.2 Å². The predicted octanol–water partition coefficient (Wildman–Crippen LogP) is 2.66. The summed E-state index contributed by atoms with van der Waals surface area (Å²) in [4.78, 5) is 28.7. The van der Waals surface area contributed by atoms with Crippen molar-refractivity contribution in [2.75, 3.05) is 18.5 Å². The lowest BCUT2D eigenvalue weighted by atomic mass is 10.1. The first-order valence-electron chi connectivity index (χ1n) is 8.51. The van der Waals surface area contributed by atoms with E-state index in [2.05, 4.69) is 31.0 Å². The van der Waals surface area contributed by atoms with E-state index in [0.29, 0.717) is 17.7 Å². The van der Waals surface area contributed by atoms with Crippen LogP contribution in [0.25, 0.3) is 0 Å². The number of rotatable bonds is 3. The minimum Gasteiger partial charge on any atom is -0.372 e. The normalized spacial score (nSPS) is 17.0. The van der Waals surface area contributed by atoms with Crippen molar-refractivity contribution in [3.63, 3.8) is 0 Å². The van der Waals surface area contributed by atoms with Crippen LogP contribution in [0.3, 0.4) is 0 Å². The lowest BCUT2D eigenvalue weighted by Crippen LogP contribution is -2.43. The highest BCUT2D eigenvalue weighted by Crippen LogP contribution is 2.28. The number of amides is 2.